The molecule has 1 aliphatic heterocycles. The van der Waals surface area contributed by atoms with E-state index in [0.29, 0.717) is 42.1 Å². The number of aromatic amines is 1. The summed E-state index contributed by atoms with van der Waals surface area (Å²) in [7, 11) is -3.32. The average molecular weight is 413 g/mol. The van der Waals surface area contributed by atoms with Gasteiger partial charge in [-0.1, -0.05) is 6.07 Å². The Morgan fingerprint density at radius 2 is 2.07 bits per heavy atom. The first-order chi connectivity index (χ1) is 13.9. The van der Waals surface area contributed by atoms with Gasteiger partial charge in [0.2, 0.25) is 10.0 Å². The van der Waals surface area contributed by atoms with Crippen molar-refractivity contribution in [2.45, 2.75) is 18.9 Å². The molecule has 11 heteroatoms. The lowest BCUT2D eigenvalue weighted by Crippen LogP contribution is -2.42. The van der Waals surface area contributed by atoms with Gasteiger partial charge in [-0.15, -0.1) is 0 Å². The number of hydrogen-bond donors (Lipinski definition) is 1. The lowest BCUT2D eigenvalue weighted by atomic mass is 10.1. The number of piperidine rings is 1. The van der Waals surface area contributed by atoms with Gasteiger partial charge in [0, 0.05) is 19.3 Å². The molecule has 0 saturated carbocycles. The van der Waals surface area contributed by atoms with Gasteiger partial charge in [-0.2, -0.15) is 0 Å². The Morgan fingerprint density at radius 3 is 2.90 bits per heavy atom. The second-order valence-corrected chi connectivity index (χ2v) is 9.20. The minimum atomic E-state index is -3.32. The first kappa shape index (κ1) is 18.0. The first-order valence-electron chi connectivity index (χ1n) is 9.26. The van der Waals surface area contributed by atoms with Gasteiger partial charge in [0.25, 0.3) is 0 Å². The Bertz CT molecular complexity index is 1390. The second-order valence-electron chi connectivity index (χ2n) is 7.22. The van der Waals surface area contributed by atoms with Crippen LogP contribution >= 0.6 is 0 Å². The number of nitrogens with zero attached hydrogens (tertiary/aromatic N) is 6. The number of sulfonamides is 1. The first-order valence-corrected chi connectivity index (χ1v) is 11.1. The molecule has 0 amide bonds. The number of imidazole rings is 2. The summed E-state index contributed by atoms with van der Waals surface area (Å²) in [6.07, 6.45) is 7.72. The van der Waals surface area contributed by atoms with E-state index in [1.54, 1.807) is 17.0 Å². The van der Waals surface area contributed by atoms with Crippen LogP contribution in [0.25, 0.3) is 28.3 Å². The summed E-state index contributed by atoms with van der Waals surface area (Å²) < 4.78 is 28.8. The normalized spacial score (nSPS) is 18.6. The molecular formula is C18H19N7O3S. The molecule has 4 aromatic rings. The molecule has 5 rings (SSSR count). The lowest BCUT2D eigenvalue weighted by Gasteiger charge is -2.31. The molecule has 0 aliphatic carbocycles. The number of pyridine rings is 1. The van der Waals surface area contributed by atoms with E-state index >= 15 is 0 Å². The van der Waals surface area contributed by atoms with E-state index in [0.717, 1.165) is 5.65 Å². The second kappa shape index (κ2) is 6.49. The third-order valence-electron chi connectivity index (χ3n) is 5.30. The molecule has 0 aromatic carbocycles. The van der Waals surface area contributed by atoms with Gasteiger partial charge in [0.15, 0.2) is 11.5 Å². The molecule has 29 heavy (non-hydrogen) atoms. The van der Waals surface area contributed by atoms with Crippen molar-refractivity contribution in [1.82, 2.24) is 33.2 Å². The highest BCUT2D eigenvalue weighted by molar-refractivity contribution is 7.88. The Kier molecular flexibility index (Phi) is 4.03. The highest BCUT2D eigenvalue weighted by Gasteiger charge is 2.29. The SMILES string of the molecule is CS(=O)(=O)N1CCC[C@H](n2c(=O)[nH]c3cnc(-c4cnc5ccccn45)nc32)C1. The van der Waals surface area contributed by atoms with Crippen LogP contribution in [0.4, 0.5) is 0 Å². The molecule has 4 aromatic heterocycles. The molecule has 5 heterocycles. The summed E-state index contributed by atoms with van der Waals surface area (Å²) >= 11 is 0. The highest BCUT2D eigenvalue weighted by Crippen LogP contribution is 2.25. The van der Waals surface area contributed by atoms with Gasteiger partial charge < -0.3 is 4.98 Å². The fraction of sp³-hybridized carbons (Fsp3) is 0.333. The average Bonchev–Trinajstić information content (AvgIpc) is 3.27. The molecule has 150 valence electrons. The molecule has 0 radical (unpaired) electrons. The van der Waals surface area contributed by atoms with E-state index in [2.05, 4.69) is 19.9 Å². The largest absolute Gasteiger partial charge is 0.328 e. The maximum Gasteiger partial charge on any atom is 0.328 e. The van der Waals surface area contributed by atoms with Gasteiger partial charge >= 0.3 is 5.69 Å². The van der Waals surface area contributed by atoms with E-state index in [1.807, 2.05) is 28.8 Å². The topological polar surface area (TPSA) is 118 Å². The number of hydrogen-bond acceptors (Lipinski definition) is 6. The quantitative estimate of drug-likeness (QED) is 0.536. The molecule has 10 nitrogen and oxygen atoms in total. The van der Waals surface area contributed by atoms with Crippen molar-refractivity contribution in [1.29, 1.82) is 0 Å². The van der Waals surface area contributed by atoms with Crippen LogP contribution in [0.3, 0.4) is 0 Å². The smallest absolute Gasteiger partial charge is 0.303 e. The van der Waals surface area contributed by atoms with Crippen LogP contribution in [0.2, 0.25) is 0 Å². The van der Waals surface area contributed by atoms with Crippen LogP contribution in [-0.2, 0) is 10.0 Å². The number of rotatable bonds is 3. The number of H-pyrrole nitrogens is 1. The summed E-state index contributed by atoms with van der Waals surface area (Å²) in [5.74, 6) is 0.444. The van der Waals surface area contributed by atoms with Crippen LogP contribution in [0.15, 0.2) is 41.6 Å². The van der Waals surface area contributed by atoms with Gasteiger partial charge in [-0.3, -0.25) is 8.97 Å². The van der Waals surface area contributed by atoms with E-state index in [1.165, 1.54) is 10.6 Å². The highest BCUT2D eigenvalue weighted by atomic mass is 32.2. The van der Waals surface area contributed by atoms with Gasteiger partial charge in [0.05, 0.1) is 24.7 Å². The monoisotopic (exact) mass is 413 g/mol. The predicted molar refractivity (Wildman–Crippen MR) is 107 cm³/mol. The Labute approximate surface area is 165 Å². The third kappa shape index (κ3) is 3.02. The zero-order valence-corrected chi connectivity index (χ0v) is 16.5. The molecule has 0 unspecified atom stereocenters. The molecule has 1 atom stereocenters. The van der Waals surface area contributed by atoms with Crippen molar-refractivity contribution in [3.8, 4) is 11.5 Å². The lowest BCUT2D eigenvalue weighted by molar-refractivity contribution is 0.268. The van der Waals surface area contributed by atoms with Crippen LogP contribution in [0.1, 0.15) is 18.9 Å². The fourth-order valence-electron chi connectivity index (χ4n) is 3.91. The van der Waals surface area contributed by atoms with Crippen molar-refractivity contribution in [2.24, 2.45) is 0 Å². The van der Waals surface area contributed by atoms with Crippen molar-refractivity contribution < 1.29 is 8.42 Å². The van der Waals surface area contributed by atoms with Crippen LogP contribution < -0.4 is 5.69 Å². The standard InChI is InChI=1S/C18H19N7O3S/c1-29(27,28)23-7-4-5-12(11-23)25-17-13(21-18(25)26)9-20-16(22-17)14-10-19-15-6-2-3-8-24(14)15/h2-3,6,8-10,12H,4-5,7,11H2,1H3,(H,21,26)/t12-/m0/s1. The van der Waals surface area contributed by atoms with Gasteiger partial charge in [-0.05, 0) is 25.0 Å². The molecule has 1 aliphatic rings. The van der Waals surface area contributed by atoms with E-state index < -0.39 is 10.0 Å². The third-order valence-corrected chi connectivity index (χ3v) is 6.57. The maximum absolute atomic E-state index is 12.7. The summed E-state index contributed by atoms with van der Waals surface area (Å²) in [6, 6.07) is 5.39. The Hall–Kier alpha value is -3.05. The molecular weight excluding hydrogens is 394 g/mol. The zero-order chi connectivity index (χ0) is 20.2. The minimum Gasteiger partial charge on any atom is -0.303 e. The van der Waals surface area contributed by atoms with E-state index in [-0.39, 0.29) is 18.3 Å². The molecule has 0 bridgehead atoms. The fourth-order valence-corrected chi connectivity index (χ4v) is 4.81. The minimum absolute atomic E-state index is 0.251. The van der Waals surface area contributed by atoms with Gasteiger partial charge in [0.1, 0.15) is 16.9 Å². The number of fused-ring (bicyclic) bond motifs is 2. The van der Waals surface area contributed by atoms with Gasteiger partial charge in [-0.25, -0.2) is 32.5 Å². The van der Waals surface area contributed by atoms with Crippen LogP contribution in [0, 0.1) is 0 Å². The van der Waals surface area contributed by atoms with Crippen molar-refractivity contribution >= 4 is 26.8 Å². The van der Waals surface area contributed by atoms with E-state index in [9.17, 15) is 13.2 Å². The number of aromatic nitrogens is 6. The van der Waals surface area contributed by atoms with Crippen molar-refractivity contribution in [2.75, 3.05) is 19.3 Å². The molecule has 1 N–H and O–H groups in total. The Balaban J connectivity index is 1.63. The molecule has 1 saturated heterocycles. The predicted octanol–water partition coefficient (Wildman–Crippen LogP) is 1.03. The van der Waals surface area contributed by atoms with Crippen molar-refractivity contribution in [3.05, 3.63) is 47.3 Å². The molecule has 0 spiro atoms. The summed E-state index contributed by atoms with van der Waals surface area (Å²) in [4.78, 5) is 28.8. The summed E-state index contributed by atoms with van der Waals surface area (Å²) in [5, 5.41) is 0. The van der Waals surface area contributed by atoms with Crippen LogP contribution in [0.5, 0.6) is 0 Å². The maximum atomic E-state index is 12.7. The molecule has 1 fully saturated rings. The Morgan fingerprint density at radius 1 is 1.21 bits per heavy atom. The summed E-state index contributed by atoms with van der Waals surface area (Å²) in [6.45, 7) is 0.717. The summed E-state index contributed by atoms with van der Waals surface area (Å²) in [5.41, 5.74) is 2.15. The zero-order valence-electron chi connectivity index (χ0n) is 15.7. The van der Waals surface area contributed by atoms with Crippen molar-refractivity contribution in [3.63, 3.8) is 0 Å². The van der Waals surface area contributed by atoms with E-state index in [4.69, 9.17) is 0 Å². The number of nitrogens with one attached hydrogen (secondary N) is 1. The van der Waals surface area contributed by atoms with Crippen LogP contribution in [-0.4, -0.2) is 61.0 Å².